The van der Waals surface area contributed by atoms with E-state index in [1.54, 1.807) is 19.1 Å². The van der Waals surface area contributed by atoms with Crippen molar-refractivity contribution >= 4 is 11.6 Å². The molecule has 0 aliphatic carbocycles. The van der Waals surface area contributed by atoms with Crippen molar-refractivity contribution in [3.05, 3.63) is 28.8 Å². The molecule has 0 fully saturated rings. The summed E-state index contributed by atoms with van der Waals surface area (Å²) in [5.41, 5.74) is 0.802. The van der Waals surface area contributed by atoms with Gasteiger partial charge in [0, 0.05) is 6.54 Å². The molecule has 1 rings (SSSR count). The second-order valence-electron chi connectivity index (χ2n) is 4.37. The van der Waals surface area contributed by atoms with E-state index in [0.717, 1.165) is 18.5 Å². The Morgan fingerprint density at radius 1 is 1.41 bits per heavy atom. The number of halogens is 1. The van der Waals surface area contributed by atoms with Crippen LogP contribution in [-0.2, 0) is 0 Å². The van der Waals surface area contributed by atoms with Gasteiger partial charge in [0.2, 0.25) is 0 Å². The van der Waals surface area contributed by atoms with Crippen LogP contribution in [0.25, 0.3) is 0 Å². The van der Waals surface area contributed by atoms with E-state index < -0.39 is 6.10 Å². The predicted molar refractivity (Wildman–Crippen MR) is 70.8 cm³/mol. The Morgan fingerprint density at radius 3 is 2.65 bits per heavy atom. The van der Waals surface area contributed by atoms with Gasteiger partial charge in [-0.1, -0.05) is 17.7 Å². The standard InChI is InChI=1S/C13H20ClNO2/c1-10(16)11-5-6-13(12(14)9-11)17-8-4-7-15(2)3/h5-6,9-10,16H,4,7-8H2,1-3H3/t10-/m0/s1. The number of hydrogen-bond donors (Lipinski definition) is 1. The van der Waals surface area contributed by atoms with Crippen molar-refractivity contribution in [1.82, 2.24) is 4.90 Å². The monoisotopic (exact) mass is 257 g/mol. The normalized spacial score (nSPS) is 12.8. The van der Waals surface area contributed by atoms with E-state index in [4.69, 9.17) is 16.3 Å². The zero-order chi connectivity index (χ0) is 12.8. The number of nitrogens with zero attached hydrogens (tertiary/aromatic N) is 1. The van der Waals surface area contributed by atoms with Crippen LogP contribution >= 0.6 is 11.6 Å². The van der Waals surface area contributed by atoms with E-state index in [0.29, 0.717) is 17.4 Å². The fraction of sp³-hybridized carbons (Fsp3) is 0.538. The summed E-state index contributed by atoms with van der Waals surface area (Å²) in [5.74, 6) is 0.676. The van der Waals surface area contributed by atoms with Gasteiger partial charge in [0.1, 0.15) is 5.75 Å². The van der Waals surface area contributed by atoms with Gasteiger partial charge in [0.25, 0.3) is 0 Å². The summed E-state index contributed by atoms with van der Waals surface area (Å²) in [4.78, 5) is 2.11. The zero-order valence-corrected chi connectivity index (χ0v) is 11.4. The van der Waals surface area contributed by atoms with Crippen molar-refractivity contribution in [2.24, 2.45) is 0 Å². The zero-order valence-electron chi connectivity index (χ0n) is 10.6. The fourth-order valence-electron chi connectivity index (χ4n) is 1.46. The molecule has 0 aliphatic rings. The third-order valence-corrected chi connectivity index (χ3v) is 2.74. The number of hydrogen-bond acceptors (Lipinski definition) is 3. The second kappa shape index (κ2) is 6.84. The quantitative estimate of drug-likeness (QED) is 0.796. The third kappa shape index (κ3) is 4.94. The first-order valence-electron chi connectivity index (χ1n) is 5.75. The fourth-order valence-corrected chi connectivity index (χ4v) is 1.70. The van der Waals surface area contributed by atoms with Gasteiger partial charge < -0.3 is 14.7 Å². The molecule has 0 amide bonds. The molecule has 0 aliphatic heterocycles. The molecule has 0 saturated carbocycles. The summed E-state index contributed by atoms with van der Waals surface area (Å²) in [6.07, 6.45) is 0.455. The molecule has 0 bridgehead atoms. The molecular formula is C13H20ClNO2. The highest BCUT2D eigenvalue weighted by molar-refractivity contribution is 6.32. The number of aliphatic hydroxyl groups excluding tert-OH is 1. The summed E-state index contributed by atoms with van der Waals surface area (Å²) < 4.78 is 5.58. The van der Waals surface area contributed by atoms with Crippen LogP contribution in [-0.4, -0.2) is 37.3 Å². The van der Waals surface area contributed by atoms with Crippen LogP contribution in [0, 0.1) is 0 Å². The smallest absolute Gasteiger partial charge is 0.137 e. The highest BCUT2D eigenvalue weighted by Gasteiger charge is 2.06. The van der Waals surface area contributed by atoms with Crippen molar-refractivity contribution in [3.8, 4) is 5.75 Å². The molecule has 1 atom stereocenters. The summed E-state index contributed by atoms with van der Waals surface area (Å²) in [7, 11) is 4.06. The van der Waals surface area contributed by atoms with Gasteiger partial charge in [-0.2, -0.15) is 0 Å². The molecule has 1 aromatic carbocycles. The number of benzene rings is 1. The maximum Gasteiger partial charge on any atom is 0.137 e. The van der Waals surface area contributed by atoms with E-state index in [9.17, 15) is 5.11 Å². The van der Waals surface area contributed by atoms with Gasteiger partial charge in [-0.25, -0.2) is 0 Å². The Kier molecular flexibility index (Phi) is 5.75. The van der Waals surface area contributed by atoms with Gasteiger partial charge in [-0.15, -0.1) is 0 Å². The lowest BCUT2D eigenvalue weighted by atomic mass is 10.1. The number of ether oxygens (including phenoxy) is 1. The first kappa shape index (κ1) is 14.3. The Bertz CT molecular complexity index is 353. The minimum Gasteiger partial charge on any atom is -0.492 e. The van der Waals surface area contributed by atoms with Crippen molar-refractivity contribution in [2.45, 2.75) is 19.4 Å². The second-order valence-corrected chi connectivity index (χ2v) is 4.78. The highest BCUT2D eigenvalue weighted by atomic mass is 35.5. The molecule has 0 radical (unpaired) electrons. The molecule has 96 valence electrons. The number of aliphatic hydroxyl groups is 1. The van der Waals surface area contributed by atoms with Crippen molar-refractivity contribution in [1.29, 1.82) is 0 Å². The van der Waals surface area contributed by atoms with Crippen molar-refractivity contribution < 1.29 is 9.84 Å². The van der Waals surface area contributed by atoms with Crippen molar-refractivity contribution in [3.63, 3.8) is 0 Å². The topological polar surface area (TPSA) is 32.7 Å². The minimum absolute atomic E-state index is 0.504. The maximum atomic E-state index is 9.41. The average molecular weight is 258 g/mol. The summed E-state index contributed by atoms with van der Waals surface area (Å²) in [6.45, 7) is 3.35. The molecular weight excluding hydrogens is 238 g/mol. The van der Waals surface area contributed by atoms with E-state index in [-0.39, 0.29) is 0 Å². The molecule has 1 N–H and O–H groups in total. The van der Waals surface area contributed by atoms with Crippen LogP contribution in [0.5, 0.6) is 5.75 Å². The lowest BCUT2D eigenvalue weighted by Gasteiger charge is -2.12. The Morgan fingerprint density at radius 2 is 2.12 bits per heavy atom. The van der Waals surface area contributed by atoms with Crippen LogP contribution in [0.15, 0.2) is 18.2 Å². The molecule has 0 unspecified atom stereocenters. The SMILES string of the molecule is C[C@H](O)c1ccc(OCCCN(C)C)c(Cl)c1. The lowest BCUT2D eigenvalue weighted by Crippen LogP contribution is -2.15. The molecule has 17 heavy (non-hydrogen) atoms. The van der Waals surface area contributed by atoms with Gasteiger partial charge in [0.15, 0.2) is 0 Å². The van der Waals surface area contributed by atoms with Gasteiger partial charge in [-0.05, 0) is 45.1 Å². The van der Waals surface area contributed by atoms with E-state index in [1.165, 1.54) is 0 Å². The summed E-state index contributed by atoms with van der Waals surface area (Å²) in [5, 5.41) is 9.96. The molecule has 0 aromatic heterocycles. The van der Waals surface area contributed by atoms with Crippen LogP contribution in [0.3, 0.4) is 0 Å². The Balaban J connectivity index is 2.49. The molecule has 0 spiro atoms. The molecule has 0 heterocycles. The number of rotatable bonds is 6. The third-order valence-electron chi connectivity index (χ3n) is 2.45. The van der Waals surface area contributed by atoms with Gasteiger partial charge >= 0.3 is 0 Å². The van der Waals surface area contributed by atoms with E-state index >= 15 is 0 Å². The van der Waals surface area contributed by atoms with Crippen molar-refractivity contribution in [2.75, 3.05) is 27.2 Å². The van der Waals surface area contributed by atoms with Gasteiger partial charge in [0.05, 0.1) is 17.7 Å². The van der Waals surface area contributed by atoms with E-state index in [1.807, 2.05) is 20.2 Å². The molecule has 0 saturated heterocycles. The van der Waals surface area contributed by atoms with Gasteiger partial charge in [-0.3, -0.25) is 0 Å². The van der Waals surface area contributed by atoms with Crippen LogP contribution in [0.2, 0.25) is 5.02 Å². The molecule has 3 nitrogen and oxygen atoms in total. The van der Waals surface area contributed by atoms with Crippen LogP contribution < -0.4 is 4.74 Å². The van der Waals surface area contributed by atoms with Crippen LogP contribution in [0.4, 0.5) is 0 Å². The maximum absolute atomic E-state index is 9.41. The minimum atomic E-state index is -0.504. The average Bonchev–Trinajstić information content (AvgIpc) is 2.25. The predicted octanol–water partition coefficient (Wildman–Crippen LogP) is 2.72. The Labute approximate surface area is 108 Å². The molecule has 4 heteroatoms. The Hall–Kier alpha value is -0.770. The first-order valence-corrected chi connectivity index (χ1v) is 6.13. The highest BCUT2D eigenvalue weighted by Crippen LogP contribution is 2.27. The molecule has 1 aromatic rings. The lowest BCUT2D eigenvalue weighted by molar-refractivity contribution is 0.199. The summed E-state index contributed by atoms with van der Waals surface area (Å²) in [6, 6.07) is 5.38. The van der Waals surface area contributed by atoms with E-state index in [2.05, 4.69) is 4.90 Å². The largest absolute Gasteiger partial charge is 0.492 e. The first-order chi connectivity index (χ1) is 8.00. The van der Waals surface area contributed by atoms with Crippen LogP contribution in [0.1, 0.15) is 25.0 Å². The summed E-state index contributed by atoms with van der Waals surface area (Å²) >= 11 is 6.07.